The molecule has 1 aliphatic heterocycles. The number of ether oxygens (including phenoxy) is 1. The van der Waals surface area contributed by atoms with Crippen molar-refractivity contribution in [3.8, 4) is 0 Å². The molecule has 0 N–H and O–H groups in total. The molecule has 1 nitrogen and oxygen atoms in total. The van der Waals surface area contributed by atoms with Crippen molar-refractivity contribution < 1.29 is 9.13 Å². The quantitative estimate of drug-likeness (QED) is 0.562. The van der Waals surface area contributed by atoms with Crippen LogP contribution in [0.2, 0.25) is 0 Å². The van der Waals surface area contributed by atoms with E-state index in [1.165, 1.54) is 6.07 Å². The number of benzene rings is 1. The normalized spacial score (nSPS) is 21.8. The Morgan fingerprint density at radius 3 is 2.82 bits per heavy atom. The van der Waals surface area contributed by atoms with Gasteiger partial charge >= 0.3 is 0 Å². The lowest BCUT2D eigenvalue weighted by molar-refractivity contribution is 0.407. The van der Waals surface area contributed by atoms with E-state index in [1.807, 2.05) is 13.0 Å². The molecule has 0 bridgehead atoms. The average molecular weight is 152 g/mol. The molecule has 2 rings (SSSR count). The van der Waals surface area contributed by atoms with Gasteiger partial charge in [-0.2, -0.15) is 0 Å². The molecule has 1 heterocycles. The minimum absolute atomic E-state index is 0.0243. The van der Waals surface area contributed by atoms with Crippen LogP contribution in [0.4, 0.5) is 4.39 Å². The third-order valence-electron chi connectivity index (χ3n) is 1.93. The minimum Gasteiger partial charge on any atom is -0.368 e. The second-order valence-electron chi connectivity index (χ2n) is 2.79. The first-order valence-corrected chi connectivity index (χ1v) is 3.65. The molecule has 0 radical (unpaired) electrons. The molecule has 1 fully saturated rings. The monoisotopic (exact) mass is 152 g/mol. The first kappa shape index (κ1) is 6.80. The van der Waals surface area contributed by atoms with Crippen molar-refractivity contribution in [3.63, 3.8) is 0 Å². The molecule has 1 aromatic rings. The maximum absolute atomic E-state index is 13.1. The lowest BCUT2D eigenvalue weighted by atomic mass is 10.1. The van der Waals surface area contributed by atoms with E-state index in [2.05, 4.69) is 0 Å². The Labute approximate surface area is 64.8 Å². The third-order valence-corrected chi connectivity index (χ3v) is 1.93. The van der Waals surface area contributed by atoms with Crippen LogP contribution >= 0.6 is 0 Å². The van der Waals surface area contributed by atoms with E-state index in [0.717, 1.165) is 11.1 Å². The second kappa shape index (κ2) is 2.31. The van der Waals surface area contributed by atoms with Gasteiger partial charge in [0, 0.05) is 5.56 Å². The van der Waals surface area contributed by atoms with Gasteiger partial charge in [0.05, 0.1) is 6.61 Å². The summed E-state index contributed by atoms with van der Waals surface area (Å²) in [5.41, 5.74) is 1.71. The van der Waals surface area contributed by atoms with E-state index < -0.39 is 0 Å². The summed E-state index contributed by atoms with van der Waals surface area (Å²) in [6, 6.07) is 5.10. The Hall–Kier alpha value is -0.890. The number of aryl methyl sites for hydroxylation is 1. The Morgan fingerprint density at radius 1 is 1.55 bits per heavy atom. The van der Waals surface area contributed by atoms with Crippen molar-refractivity contribution in [2.24, 2.45) is 0 Å². The summed E-state index contributed by atoms with van der Waals surface area (Å²) >= 11 is 0. The van der Waals surface area contributed by atoms with Crippen LogP contribution in [-0.2, 0) is 4.74 Å². The highest BCUT2D eigenvalue weighted by Crippen LogP contribution is 2.33. The molecule has 1 unspecified atom stereocenters. The molecule has 2 heteroatoms. The van der Waals surface area contributed by atoms with Crippen LogP contribution in [0.15, 0.2) is 18.2 Å². The minimum atomic E-state index is -0.146. The molecule has 11 heavy (non-hydrogen) atoms. The molecule has 1 aliphatic rings. The number of rotatable bonds is 1. The molecule has 58 valence electrons. The summed E-state index contributed by atoms with van der Waals surface area (Å²) in [7, 11) is 0. The molecular formula is C9H9FO. The van der Waals surface area contributed by atoms with Crippen LogP contribution in [0, 0.1) is 12.7 Å². The molecule has 1 aromatic carbocycles. The van der Waals surface area contributed by atoms with E-state index >= 15 is 0 Å². The molecular weight excluding hydrogens is 143 g/mol. The van der Waals surface area contributed by atoms with E-state index in [4.69, 9.17) is 4.74 Å². The molecule has 0 aliphatic carbocycles. The Bertz CT molecular complexity index is 259. The maximum atomic E-state index is 13.1. The molecule has 1 atom stereocenters. The first-order valence-electron chi connectivity index (χ1n) is 3.65. The maximum Gasteiger partial charge on any atom is 0.129 e. The van der Waals surface area contributed by atoms with Gasteiger partial charge in [0.1, 0.15) is 11.9 Å². The molecule has 0 aromatic heterocycles. The highest BCUT2D eigenvalue weighted by Gasteiger charge is 2.28. The highest BCUT2D eigenvalue weighted by atomic mass is 19.1. The molecule has 1 saturated heterocycles. The van der Waals surface area contributed by atoms with E-state index in [1.54, 1.807) is 6.07 Å². The number of hydrogen-bond donors (Lipinski definition) is 0. The average Bonchev–Trinajstić information content (AvgIpc) is 2.70. The molecule has 0 spiro atoms. The summed E-state index contributed by atoms with van der Waals surface area (Å²) in [6.45, 7) is 2.57. The summed E-state index contributed by atoms with van der Waals surface area (Å²) in [5.74, 6) is -0.146. The molecule has 0 saturated carbocycles. The zero-order valence-corrected chi connectivity index (χ0v) is 6.30. The van der Waals surface area contributed by atoms with Gasteiger partial charge in [-0.05, 0) is 18.6 Å². The largest absolute Gasteiger partial charge is 0.368 e. The fourth-order valence-corrected chi connectivity index (χ4v) is 1.27. The van der Waals surface area contributed by atoms with Crippen molar-refractivity contribution >= 4 is 0 Å². The fourth-order valence-electron chi connectivity index (χ4n) is 1.27. The van der Waals surface area contributed by atoms with Crippen molar-refractivity contribution in [3.05, 3.63) is 35.1 Å². The molecule has 0 amide bonds. The van der Waals surface area contributed by atoms with Crippen molar-refractivity contribution in [1.29, 1.82) is 0 Å². The Kier molecular flexibility index (Phi) is 1.43. The lowest BCUT2D eigenvalue weighted by Crippen LogP contribution is -1.91. The first-order chi connectivity index (χ1) is 5.29. The van der Waals surface area contributed by atoms with Gasteiger partial charge in [0.25, 0.3) is 0 Å². The SMILES string of the molecule is Cc1cccc(F)c1C1CO1. The smallest absolute Gasteiger partial charge is 0.129 e. The van der Waals surface area contributed by atoms with Gasteiger partial charge in [-0.3, -0.25) is 0 Å². The van der Waals surface area contributed by atoms with Crippen molar-refractivity contribution in [2.75, 3.05) is 6.61 Å². The van der Waals surface area contributed by atoms with Crippen LogP contribution in [-0.4, -0.2) is 6.61 Å². The van der Waals surface area contributed by atoms with Gasteiger partial charge in [0.2, 0.25) is 0 Å². The lowest BCUT2D eigenvalue weighted by Gasteiger charge is -2.01. The van der Waals surface area contributed by atoms with Gasteiger partial charge in [0.15, 0.2) is 0 Å². The van der Waals surface area contributed by atoms with Gasteiger partial charge < -0.3 is 4.74 Å². The van der Waals surface area contributed by atoms with Crippen molar-refractivity contribution in [1.82, 2.24) is 0 Å². The van der Waals surface area contributed by atoms with E-state index in [9.17, 15) is 4.39 Å². The van der Waals surface area contributed by atoms with Gasteiger partial charge in [-0.15, -0.1) is 0 Å². The second-order valence-corrected chi connectivity index (χ2v) is 2.79. The number of hydrogen-bond acceptors (Lipinski definition) is 1. The number of epoxide rings is 1. The summed E-state index contributed by atoms with van der Waals surface area (Å²) < 4.78 is 18.1. The van der Waals surface area contributed by atoms with Crippen LogP contribution in [0.3, 0.4) is 0 Å². The van der Waals surface area contributed by atoms with Crippen LogP contribution in [0.25, 0.3) is 0 Å². The summed E-state index contributed by atoms with van der Waals surface area (Å²) in [6.07, 6.45) is 0.0243. The predicted molar refractivity (Wildman–Crippen MR) is 39.8 cm³/mol. The van der Waals surface area contributed by atoms with Crippen LogP contribution < -0.4 is 0 Å². The number of halogens is 1. The van der Waals surface area contributed by atoms with E-state index in [0.29, 0.717) is 6.61 Å². The zero-order chi connectivity index (χ0) is 7.84. The standard InChI is InChI=1S/C9H9FO/c1-6-3-2-4-7(10)9(6)8-5-11-8/h2-4,8H,5H2,1H3. The van der Waals surface area contributed by atoms with Crippen LogP contribution in [0.1, 0.15) is 17.2 Å². The Morgan fingerprint density at radius 2 is 2.27 bits per heavy atom. The van der Waals surface area contributed by atoms with E-state index in [-0.39, 0.29) is 11.9 Å². The van der Waals surface area contributed by atoms with Crippen LogP contribution in [0.5, 0.6) is 0 Å². The summed E-state index contributed by atoms with van der Waals surface area (Å²) in [5, 5.41) is 0. The van der Waals surface area contributed by atoms with Crippen molar-refractivity contribution in [2.45, 2.75) is 13.0 Å². The topological polar surface area (TPSA) is 12.5 Å². The van der Waals surface area contributed by atoms with Gasteiger partial charge in [-0.25, -0.2) is 4.39 Å². The third kappa shape index (κ3) is 1.14. The van der Waals surface area contributed by atoms with Gasteiger partial charge in [-0.1, -0.05) is 12.1 Å². The fraction of sp³-hybridized carbons (Fsp3) is 0.333. The summed E-state index contributed by atoms with van der Waals surface area (Å²) in [4.78, 5) is 0. The predicted octanol–water partition coefficient (Wildman–Crippen LogP) is 2.21. The highest BCUT2D eigenvalue weighted by molar-refractivity contribution is 5.31. The zero-order valence-electron chi connectivity index (χ0n) is 6.30. The Balaban J connectivity index is 2.48.